The number of sulfonamides is 1. The Kier molecular flexibility index (Phi) is 9.65. The Hall–Kier alpha value is -4.34. The molecule has 2 heterocycles. The number of carboxylic acids is 1. The molecule has 15 heteroatoms. The monoisotopic (exact) mass is 650 g/mol. The van der Waals surface area contributed by atoms with Gasteiger partial charge in [-0.3, -0.25) is 19.9 Å². The van der Waals surface area contributed by atoms with Crippen molar-refractivity contribution in [1.82, 2.24) is 14.5 Å². The predicted molar refractivity (Wildman–Crippen MR) is 156 cm³/mol. The van der Waals surface area contributed by atoms with Crippen molar-refractivity contribution in [3.8, 4) is 11.1 Å². The molecule has 0 radical (unpaired) electrons. The lowest BCUT2D eigenvalue weighted by atomic mass is 9.85. The zero-order valence-electron chi connectivity index (χ0n) is 24.2. The zero-order chi connectivity index (χ0) is 33.2. The van der Waals surface area contributed by atoms with Crippen LogP contribution in [0, 0.1) is 5.82 Å². The predicted octanol–water partition coefficient (Wildman–Crippen LogP) is 4.47. The molecular weight excluding hydrogens is 620 g/mol. The molecule has 0 bridgehead atoms. The molecule has 3 amide bonds. The Balaban J connectivity index is 0.000000591. The first-order chi connectivity index (χ1) is 21.1. The van der Waals surface area contributed by atoms with Crippen molar-refractivity contribution in [2.24, 2.45) is 0 Å². The molecule has 10 nitrogen and oxygen atoms in total. The molecule has 0 atom stereocenters. The van der Waals surface area contributed by atoms with E-state index in [0.29, 0.717) is 37.1 Å². The van der Waals surface area contributed by atoms with Crippen LogP contribution in [0.25, 0.3) is 11.1 Å². The van der Waals surface area contributed by atoms with Crippen LogP contribution in [0.5, 0.6) is 0 Å². The third kappa shape index (κ3) is 7.16. The van der Waals surface area contributed by atoms with E-state index in [2.05, 4.69) is 22.3 Å². The summed E-state index contributed by atoms with van der Waals surface area (Å²) in [7, 11) is -0.719. The zero-order valence-corrected chi connectivity index (χ0v) is 25.0. The third-order valence-electron chi connectivity index (χ3n) is 7.59. The maximum absolute atomic E-state index is 14.6. The number of aliphatic carboxylic acids is 1. The Morgan fingerprint density at radius 2 is 1.56 bits per heavy atom. The van der Waals surface area contributed by atoms with Gasteiger partial charge in [0.25, 0.3) is 5.91 Å². The summed E-state index contributed by atoms with van der Waals surface area (Å²) in [6.45, 7) is 1.92. The average molecular weight is 651 g/mol. The van der Waals surface area contributed by atoms with E-state index in [-0.39, 0.29) is 16.5 Å². The van der Waals surface area contributed by atoms with Crippen LogP contribution in [-0.4, -0.2) is 79.5 Å². The van der Waals surface area contributed by atoms with Crippen molar-refractivity contribution in [3.63, 3.8) is 0 Å². The van der Waals surface area contributed by atoms with E-state index in [1.165, 1.54) is 48.8 Å². The van der Waals surface area contributed by atoms with E-state index in [9.17, 15) is 35.6 Å². The molecule has 2 aliphatic heterocycles. The van der Waals surface area contributed by atoms with Gasteiger partial charge < -0.3 is 5.11 Å². The molecule has 1 spiro atoms. The van der Waals surface area contributed by atoms with Gasteiger partial charge >= 0.3 is 18.2 Å². The number of alkyl halides is 3. The summed E-state index contributed by atoms with van der Waals surface area (Å²) in [5.41, 5.74) is 1.42. The molecule has 2 aliphatic rings. The molecule has 5 rings (SSSR count). The summed E-state index contributed by atoms with van der Waals surface area (Å²) in [5.74, 6) is -3.68. The van der Waals surface area contributed by atoms with E-state index in [0.717, 1.165) is 10.8 Å². The fourth-order valence-corrected chi connectivity index (χ4v) is 6.13. The van der Waals surface area contributed by atoms with Gasteiger partial charge in [0.15, 0.2) is 0 Å². The number of imide groups is 1. The smallest absolute Gasteiger partial charge is 0.475 e. The van der Waals surface area contributed by atoms with Crippen molar-refractivity contribution in [3.05, 3.63) is 84.2 Å². The lowest BCUT2D eigenvalue weighted by Gasteiger charge is -2.42. The van der Waals surface area contributed by atoms with Gasteiger partial charge in [-0.2, -0.15) is 13.2 Å². The lowest BCUT2D eigenvalue weighted by molar-refractivity contribution is -0.192. The summed E-state index contributed by atoms with van der Waals surface area (Å²) in [6, 6.07) is 19.7. The number of nitrogens with one attached hydrogen (secondary N) is 1. The molecular formula is C30H30F4N4O6S. The number of nitrogens with zero attached hydrogens (tertiary/aromatic N) is 3. The Morgan fingerprint density at radius 1 is 0.978 bits per heavy atom. The molecule has 2 saturated heterocycles. The van der Waals surface area contributed by atoms with Crippen LogP contribution in [-0.2, 0) is 26.2 Å². The molecule has 0 aromatic heterocycles. The first-order valence-corrected chi connectivity index (χ1v) is 15.0. The first kappa shape index (κ1) is 33.6. The SMILES string of the molecule is CN(C)S(=O)(=O)c1ccc(-c2ccc(F)cc2N2C(=O)NC(=O)C23CCN(Cc2ccccc2)CC3)cc1.O=C(O)C(F)(F)F. The number of rotatable bonds is 6. The average Bonchev–Trinajstić information content (AvgIpc) is 3.22. The van der Waals surface area contributed by atoms with Crippen LogP contribution in [0.1, 0.15) is 18.4 Å². The number of anilines is 1. The van der Waals surface area contributed by atoms with Crippen molar-refractivity contribution in [2.75, 3.05) is 32.1 Å². The number of amides is 3. The Morgan fingerprint density at radius 3 is 2.09 bits per heavy atom. The number of piperidine rings is 1. The number of benzene rings is 3. The number of urea groups is 1. The number of carboxylic acid groups (broad SMARTS) is 1. The van der Waals surface area contributed by atoms with Gasteiger partial charge in [0, 0.05) is 39.3 Å². The second kappa shape index (κ2) is 12.9. The summed E-state index contributed by atoms with van der Waals surface area (Å²) in [6.07, 6.45) is -4.29. The van der Waals surface area contributed by atoms with E-state index in [4.69, 9.17) is 9.90 Å². The topological polar surface area (TPSA) is 127 Å². The van der Waals surface area contributed by atoms with Crippen molar-refractivity contribution < 1.29 is 45.5 Å². The number of halogens is 4. The highest BCUT2D eigenvalue weighted by Gasteiger charge is 2.55. The number of hydrogen-bond donors (Lipinski definition) is 2. The van der Waals surface area contributed by atoms with E-state index >= 15 is 0 Å². The summed E-state index contributed by atoms with van der Waals surface area (Å²) in [5, 5.41) is 9.58. The third-order valence-corrected chi connectivity index (χ3v) is 9.42. The standard InChI is InChI=1S/C28H29FN4O4S.C2HF3O2/c1-31(2)38(36,37)23-11-8-21(9-12-23)24-13-10-22(29)18-25(24)33-27(35)30-26(34)28(33)14-16-32(17-15-28)19-20-6-4-3-5-7-20;3-2(4,5)1(6)7/h3-13,18H,14-17,19H2,1-2H3,(H,30,34,35);(H,6,7). The molecule has 3 aromatic carbocycles. The molecule has 0 saturated carbocycles. The highest BCUT2D eigenvalue weighted by Crippen LogP contribution is 2.42. The van der Waals surface area contributed by atoms with Gasteiger partial charge in [0.1, 0.15) is 11.4 Å². The number of carbonyl (C=O) groups is 3. The highest BCUT2D eigenvalue weighted by atomic mass is 32.2. The van der Waals surface area contributed by atoms with Crippen molar-refractivity contribution in [2.45, 2.75) is 36.0 Å². The van der Waals surface area contributed by atoms with Gasteiger partial charge in [0.05, 0.1) is 10.6 Å². The molecule has 0 aliphatic carbocycles. The highest BCUT2D eigenvalue weighted by molar-refractivity contribution is 7.89. The molecule has 3 aromatic rings. The molecule has 2 N–H and O–H groups in total. The first-order valence-electron chi connectivity index (χ1n) is 13.6. The molecule has 2 fully saturated rings. The summed E-state index contributed by atoms with van der Waals surface area (Å²) >= 11 is 0. The van der Waals surface area contributed by atoms with Crippen molar-refractivity contribution in [1.29, 1.82) is 0 Å². The lowest BCUT2D eigenvalue weighted by Crippen LogP contribution is -2.56. The molecule has 240 valence electrons. The van der Waals surface area contributed by atoms with Gasteiger partial charge in [-0.15, -0.1) is 0 Å². The summed E-state index contributed by atoms with van der Waals surface area (Å²) < 4.78 is 72.4. The molecule has 45 heavy (non-hydrogen) atoms. The molecule has 0 unspecified atom stereocenters. The van der Waals surface area contributed by atoms with Gasteiger partial charge in [-0.25, -0.2) is 26.7 Å². The minimum atomic E-state index is -5.08. The van der Waals surface area contributed by atoms with Gasteiger partial charge in [-0.1, -0.05) is 42.5 Å². The normalized spacial score (nSPS) is 16.8. The second-order valence-corrected chi connectivity index (χ2v) is 12.8. The van der Waals surface area contributed by atoms with Crippen LogP contribution in [0.3, 0.4) is 0 Å². The quantitative estimate of drug-likeness (QED) is 0.298. The second-order valence-electron chi connectivity index (χ2n) is 10.7. The Labute approximate surface area is 256 Å². The van der Waals surface area contributed by atoms with E-state index in [1.54, 1.807) is 18.2 Å². The van der Waals surface area contributed by atoms with E-state index in [1.807, 2.05) is 18.2 Å². The number of hydrogen-bond acceptors (Lipinski definition) is 6. The van der Waals surface area contributed by atoms with Crippen molar-refractivity contribution >= 4 is 33.6 Å². The van der Waals surface area contributed by atoms with Crippen LogP contribution in [0.4, 0.5) is 28.0 Å². The Bertz CT molecular complexity index is 1670. The van der Waals surface area contributed by atoms with Crippen LogP contribution < -0.4 is 10.2 Å². The fourth-order valence-electron chi connectivity index (χ4n) is 5.23. The largest absolute Gasteiger partial charge is 0.490 e. The van der Waals surface area contributed by atoms with Crippen LogP contribution in [0.2, 0.25) is 0 Å². The maximum Gasteiger partial charge on any atom is 0.490 e. The fraction of sp³-hybridized carbons (Fsp3) is 0.300. The number of carbonyl (C=O) groups excluding carboxylic acids is 2. The van der Waals surface area contributed by atoms with Crippen LogP contribution in [0.15, 0.2) is 77.7 Å². The summed E-state index contributed by atoms with van der Waals surface area (Å²) in [4.78, 5) is 39.0. The van der Waals surface area contributed by atoms with E-state index < -0.39 is 39.6 Å². The van der Waals surface area contributed by atoms with Crippen LogP contribution >= 0.6 is 0 Å². The van der Waals surface area contributed by atoms with Gasteiger partial charge in [0.2, 0.25) is 10.0 Å². The van der Waals surface area contributed by atoms with Gasteiger partial charge in [-0.05, 0) is 54.3 Å². The number of likely N-dealkylation sites (tertiary alicyclic amines) is 1. The minimum absolute atomic E-state index is 0.117. The minimum Gasteiger partial charge on any atom is -0.475 e. The maximum atomic E-state index is 14.6.